The number of hydrogen-bond acceptors (Lipinski definition) is 6. The summed E-state index contributed by atoms with van der Waals surface area (Å²) < 4.78 is 6.10. The molecule has 0 atom stereocenters. The number of hydrogen-bond donors (Lipinski definition) is 1. The Morgan fingerprint density at radius 1 is 1.19 bits per heavy atom. The van der Waals surface area contributed by atoms with Gasteiger partial charge < -0.3 is 9.73 Å². The largest absolute Gasteiger partial charge is 0.437 e. The van der Waals surface area contributed by atoms with E-state index in [4.69, 9.17) is 4.42 Å². The van der Waals surface area contributed by atoms with Crippen LogP contribution >= 0.6 is 11.3 Å². The van der Waals surface area contributed by atoms with Gasteiger partial charge in [-0.15, -0.1) is 16.4 Å². The Kier molecular flexibility index (Phi) is 5.09. The Balaban J connectivity index is 1.70. The van der Waals surface area contributed by atoms with Crippen molar-refractivity contribution in [3.05, 3.63) is 57.9 Å². The van der Waals surface area contributed by atoms with E-state index in [1.165, 1.54) is 11.3 Å². The summed E-state index contributed by atoms with van der Waals surface area (Å²) >= 11 is 1.39. The first-order valence-corrected chi connectivity index (χ1v) is 9.18. The number of anilines is 1. The summed E-state index contributed by atoms with van der Waals surface area (Å²) in [4.78, 5) is 37.1. The fraction of sp³-hybridized carbons (Fsp3) is 0.263. The van der Waals surface area contributed by atoms with E-state index in [2.05, 4.69) is 10.4 Å². The van der Waals surface area contributed by atoms with Crippen LogP contribution in [0.15, 0.2) is 51.0 Å². The number of ketones is 1. The maximum atomic E-state index is 12.4. The van der Waals surface area contributed by atoms with Crippen LogP contribution < -0.4 is 11.1 Å². The second-order valence-electron chi connectivity index (χ2n) is 7.01. The Labute approximate surface area is 159 Å². The topological polar surface area (TPSA) is 94.2 Å². The number of rotatable bonds is 5. The van der Waals surface area contributed by atoms with Crippen molar-refractivity contribution < 1.29 is 14.0 Å². The highest BCUT2D eigenvalue weighted by Crippen LogP contribution is 2.21. The normalized spacial score (nSPS) is 11.4. The van der Waals surface area contributed by atoms with Gasteiger partial charge in [0, 0.05) is 16.7 Å². The molecule has 0 unspecified atom stereocenters. The molecule has 0 aliphatic rings. The summed E-state index contributed by atoms with van der Waals surface area (Å²) in [5.41, 5.74) is 0.504. The number of amides is 1. The van der Waals surface area contributed by atoms with Crippen molar-refractivity contribution in [2.75, 3.05) is 5.32 Å². The molecule has 0 aliphatic heterocycles. The molecule has 140 valence electrons. The molecule has 0 aliphatic carbocycles. The lowest BCUT2D eigenvalue weighted by atomic mass is 9.95. The molecule has 1 amide bonds. The quantitative estimate of drug-likeness (QED) is 0.679. The number of aromatic nitrogens is 2. The average molecular weight is 385 g/mol. The Morgan fingerprint density at radius 3 is 2.48 bits per heavy atom. The van der Waals surface area contributed by atoms with E-state index in [9.17, 15) is 14.4 Å². The molecule has 8 heteroatoms. The second-order valence-corrected chi connectivity index (χ2v) is 7.96. The lowest BCUT2D eigenvalue weighted by molar-refractivity contribution is -0.123. The maximum Gasteiger partial charge on any atom is 0.437 e. The monoisotopic (exact) mass is 385 g/mol. The van der Waals surface area contributed by atoms with Crippen LogP contribution in [0.5, 0.6) is 0 Å². The van der Waals surface area contributed by atoms with Crippen molar-refractivity contribution >= 4 is 28.7 Å². The highest BCUT2D eigenvalue weighted by Gasteiger charge is 2.21. The van der Waals surface area contributed by atoms with E-state index in [1.807, 2.05) is 32.2 Å². The smallest absolute Gasteiger partial charge is 0.387 e. The van der Waals surface area contributed by atoms with Gasteiger partial charge in [0.05, 0.1) is 4.88 Å². The highest BCUT2D eigenvalue weighted by atomic mass is 32.1. The Hall–Kier alpha value is -3.00. The molecule has 0 saturated carbocycles. The van der Waals surface area contributed by atoms with Crippen molar-refractivity contribution in [1.82, 2.24) is 9.78 Å². The van der Waals surface area contributed by atoms with Crippen LogP contribution in [0.25, 0.3) is 10.8 Å². The van der Waals surface area contributed by atoms with Gasteiger partial charge in [0.15, 0.2) is 5.78 Å². The number of carbonyl (C=O) groups excluding carboxylic acids is 2. The van der Waals surface area contributed by atoms with Gasteiger partial charge in [0.25, 0.3) is 5.89 Å². The van der Waals surface area contributed by atoms with E-state index in [0.717, 1.165) is 9.56 Å². The minimum absolute atomic E-state index is 0.114. The highest BCUT2D eigenvalue weighted by molar-refractivity contribution is 7.13. The van der Waals surface area contributed by atoms with Gasteiger partial charge in [0.2, 0.25) is 5.91 Å². The first kappa shape index (κ1) is 18.8. The van der Waals surface area contributed by atoms with Crippen LogP contribution in [0.2, 0.25) is 0 Å². The minimum Gasteiger partial charge on any atom is -0.387 e. The molecule has 3 aromatic rings. The van der Waals surface area contributed by atoms with E-state index >= 15 is 0 Å². The third kappa shape index (κ3) is 4.40. The summed E-state index contributed by atoms with van der Waals surface area (Å²) in [5.74, 6) is -0.877. The van der Waals surface area contributed by atoms with Crippen molar-refractivity contribution in [1.29, 1.82) is 0 Å². The van der Waals surface area contributed by atoms with E-state index in [0.29, 0.717) is 11.3 Å². The number of Topliss-reactive ketones (excluding diaryl/α,β-unsaturated/α-hetero) is 1. The Morgan fingerprint density at radius 2 is 1.89 bits per heavy atom. The van der Waals surface area contributed by atoms with Crippen LogP contribution in [0.3, 0.4) is 0 Å². The molecule has 0 radical (unpaired) electrons. The first-order chi connectivity index (χ1) is 12.7. The molecular formula is C19H19N3O4S. The summed E-state index contributed by atoms with van der Waals surface area (Å²) in [5, 5.41) is 8.71. The van der Waals surface area contributed by atoms with Crippen LogP contribution in [-0.2, 0) is 11.3 Å². The third-order valence-corrected chi connectivity index (χ3v) is 4.64. The molecule has 27 heavy (non-hydrogen) atoms. The number of nitrogens with one attached hydrogen (secondary N) is 1. The van der Waals surface area contributed by atoms with Gasteiger partial charge in [0.1, 0.15) is 6.54 Å². The summed E-state index contributed by atoms with van der Waals surface area (Å²) in [6.45, 7) is 5.24. The summed E-state index contributed by atoms with van der Waals surface area (Å²) in [7, 11) is 0. The lowest BCUT2D eigenvalue weighted by Gasteiger charge is -2.17. The number of carbonyl (C=O) groups is 2. The number of benzene rings is 1. The van der Waals surface area contributed by atoms with Crippen molar-refractivity contribution in [3.8, 4) is 10.8 Å². The predicted octanol–water partition coefficient (Wildman–Crippen LogP) is 3.43. The molecular weight excluding hydrogens is 366 g/mol. The van der Waals surface area contributed by atoms with Crippen molar-refractivity contribution in [2.45, 2.75) is 27.3 Å². The molecule has 2 heterocycles. The maximum absolute atomic E-state index is 12.4. The molecule has 7 nitrogen and oxygen atoms in total. The zero-order valence-electron chi connectivity index (χ0n) is 15.2. The van der Waals surface area contributed by atoms with Gasteiger partial charge in [-0.25, -0.2) is 4.79 Å². The van der Waals surface area contributed by atoms with Gasteiger partial charge in [-0.3, -0.25) is 9.59 Å². The van der Waals surface area contributed by atoms with E-state index < -0.39 is 11.2 Å². The SMILES string of the molecule is CC(C)(C)C(=O)Nc1ccc(C(=O)Cn2nc(-c3cccs3)oc2=O)cc1. The average Bonchev–Trinajstić information content (AvgIpc) is 3.25. The third-order valence-electron chi connectivity index (χ3n) is 3.78. The number of nitrogens with zero attached hydrogens (tertiary/aromatic N) is 2. The second kappa shape index (κ2) is 7.32. The molecule has 0 spiro atoms. The molecule has 1 aromatic carbocycles. The molecule has 0 bridgehead atoms. The fourth-order valence-electron chi connectivity index (χ4n) is 2.19. The van der Waals surface area contributed by atoms with Crippen LogP contribution in [-0.4, -0.2) is 21.5 Å². The standard InChI is InChI=1S/C19H19N3O4S/c1-19(2,3)17(24)20-13-8-6-12(7-9-13)14(23)11-22-18(25)26-16(21-22)15-5-4-10-27-15/h4-10H,11H2,1-3H3,(H,20,24). The van der Waals surface area contributed by atoms with Crippen molar-refractivity contribution in [3.63, 3.8) is 0 Å². The zero-order valence-corrected chi connectivity index (χ0v) is 16.0. The molecule has 0 saturated heterocycles. The van der Waals surface area contributed by atoms with Gasteiger partial charge >= 0.3 is 5.76 Å². The molecule has 3 rings (SSSR count). The van der Waals surface area contributed by atoms with E-state index in [1.54, 1.807) is 30.3 Å². The fourth-order valence-corrected chi connectivity index (χ4v) is 2.84. The summed E-state index contributed by atoms with van der Waals surface area (Å²) in [6, 6.07) is 10.1. The Bertz CT molecular complexity index is 1010. The van der Waals surface area contributed by atoms with Crippen molar-refractivity contribution in [2.24, 2.45) is 5.41 Å². The minimum atomic E-state index is -0.680. The molecule has 1 N–H and O–H groups in total. The lowest BCUT2D eigenvalue weighted by Crippen LogP contribution is -2.27. The first-order valence-electron chi connectivity index (χ1n) is 8.30. The molecule has 0 fully saturated rings. The van der Waals surface area contributed by atoms with Crippen LogP contribution in [0.4, 0.5) is 5.69 Å². The number of thiophene rings is 1. The van der Waals surface area contributed by atoms with Gasteiger partial charge in [-0.1, -0.05) is 26.8 Å². The molecule has 2 aromatic heterocycles. The van der Waals surface area contributed by atoms with Crippen LogP contribution in [0, 0.1) is 5.41 Å². The van der Waals surface area contributed by atoms with E-state index in [-0.39, 0.29) is 24.1 Å². The summed E-state index contributed by atoms with van der Waals surface area (Å²) in [6.07, 6.45) is 0. The van der Waals surface area contributed by atoms with Crippen LogP contribution in [0.1, 0.15) is 31.1 Å². The van der Waals surface area contributed by atoms with Gasteiger partial charge in [-0.2, -0.15) is 4.68 Å². The van der Waals surface area contributed by atoms with Gasteiger partial charge in [-0.05, 0) is 35.7 Å². The zero-order chi connectivity index (χ0) is 19.6. The predicted molar refractivity (Wildman–Crippen MR) is 103 cm³/mol.